The normalized spacial score (nSPS) is 11.0. The summed E-state index contributed by atoms with van der Waals surface area (Å²) < 4.78 is 10.6. The van der Waals surface area contributed by atoms with E-state index in [1.807, 2.05) is 54.6 Å². The molecule has 0 heterocycles. The van der Waals surface area contributed by atoms with Crippen molar-refractivity contribution in [2.45, 2.75) is 19.8 Å². The van der Waals surface area contributed by atoms with Crippen molar-refractivity contribution in [2.75, 3.05) is 18.5 Å². The van der Waals surface area contributed by atoms with Gasteiger partial charge in [-0.2, -0.15) is 0 Å². The molecule has 2 rings (SSSR count). The third-order valence-electron chi connectivity index (χ3n) is 3.21. The van der Waals surface area contributed by atoms with Crippen LogP contribution >= 0.6 is 0 Å². The van der Waals surface area contributed by atoms with Gasteiger partial charge in [-0.3, -0.25) is 9.79 Å². The Bertz CT molecular complexity index is 702. The van der Waals surface area contributed by atoms with Gasteiger partial charge >= 0.3 is 5.97 Å². The van der Waals surface area contributed by atoms with E-state index in [1.165, 1.54) is 0 Å². The Labute approximate surface area is 147 Å². The van der Waals surface area contributed by atoms with Gasteiger partial charge in [0.2, 0.25) is 0 Å². The topological polar surface area (TPSA) is 85.9 Å². The molecule has 6 heteroatoms. The highest BCUT2D eigenvalue weighted by molar-refractivity contribution is 5.92. The van der Waals surface area contributed by atoms with Crippen molar-refractivity contribution in [3.63, 3.8) is 0 Å². The largest absolute Gasteiger partial charge is 0.466 e. The first-order valence-electron chi connectivity index (χ1n) is 8.23. The number of aliphatic imine (C=N–C) groups is 1. The summed E-state index contributed by atoms with van der Waals surface area (Å²) in [6.07, 6.45) is 0.934. The van der Waals surface area contributed by atoms with Gasteiger partial charge in [0.05, 0.1) is 6.61 Å². The number of carbonyl (C=O) groups is 1. The molecule has 0 spiro atoms. The fraction of sp³-hybridized carbons (Fsp3) is 0.263. The first-order chi connectivity index (χ1) is 12.2. The first kappa shape index (κ1) is 18.3. The van der Waals surface area contributed by atoms with Crippen molar-refractivity contribution in [3.8, 4) is 11.5 Å². The van der Waals surface area contributed by atoms with Gasteiger partial charge in [0.15, 0.2) is 5.96 Å². The summed E-state index contributed by atoms with van der Waals surface area (Å²) in [7, 11) is 0. The molecule has 0 atom stereocenters. The molecule has 132 valence electrons. The Hall–Kier alpha value is -3.02. The highest BCUT2D eigenvalue weighted by Crippen LogP contribution is 2.23. The average Bonchev–Trinajstić information content (AvgIpc) is 2.60. The summed E-state index contributed by atoms with van der Waals surface area (Å²) in [4.78, 5) is 15.4. The van der Waals surface area contributed by atoms with Crippen molar-refractivity contribution in [1.29, 1.82) is 0 Å². The highest BCUT2D eigenvalue weighted by atomic mass is 16.5. The molecule has 0 saturated heterocycles. The fourth-order valence-corrected chi connectivity index (χ4v) is 2.11. The second kappa shape index (κ2) is 9.97. The lowest BCUT2D eigenvalue weighted by Gasteiger charge is -2.09. The minimum absolute atomic E-state index is 0.213. The van der Waals surface area contributed by atoms with E-state index in [-0.39, 0.29) is 5.97 Å². The zero-order chi connectivity index (χ0) is 17.9. The number of nitrogens with one attached hydrogen (secondary N) is 1. The number of guanidine groups is 1. The monoisotopic (exact) mass is 341 g/mol. The van der Waals surface area contributed by atoms with Crippen LogP contribution in [0.2, 0.25) is 0 Å². The molecule has 0 aromatic heterocycles. The van der Waals surface area contributed by atoms with Crippen molar-refractivity contribution in [1.82, 2.24) is 0 Å². The van der Waals surface area contributed by atoms with Crippen LogP contribution in [0.3, 0.4) is 0 Å². The summed E-state index contributed by atoms with van der Waals surface area (Å²) >= 11 is 0. The lowest BCUT2D eigenvalue weighted by molar-refractivity contribution is -0.143. The number of benzene rings is 2. The van der Waals surface area contributed by atoms with Gasteiger partial charge in [-0.25, -0.2) is 0 Å². The van der Waals surface area contributed by atoms with E-state index in [1.54, 1.807) is 6.92 Å². The number of para-hydroxylation sites is 1. The number of hydrogen-bond donors (Lipinski definition) is 2. The van der Waals surface area contributed by atoms with Crippen molar-refractivity contribution in [3.05, 3.63) is 54.6 Å². The van der Waals surface area contributed by atoms with Crippen molar-refractivity contribution < 1.29 is 14.3 Å². The fourth-order valence-electron chi connectivity index (χ4n) is 2.11. The molecule has 0 fully saturated rings. The lowest BCUT2D eigenvalue weighted by Crippen LogP contribution is -2.22. The van der Waals surface area contributed by atoms with Gasteiger partial charge in [0, 0.05) is 24.7 Å². The number of anilines is 1. The predicted molar refractivity (Wildman–Crippen MR) is 98.9 cm³/mol. The Balaban J connectivity index is 1.84. The molecule has 0 aliphatic carbocycles. The lowest BCUT2D eigenvalue weighted by atomic mass is 10.3. The number of esters is 1. The number of nitrogens with zero attached hydrogens (tertiary/aromatic N) is 1. The van der Waals surface area contributed by atoms with Crippen LogP contribution in [-0.4, -0.2) is 25.1 Å². The van der Waals surface area contributed by atoms with Crippen LogP contribution in [0.1, 0.15) is 19.8 Å². The quantitative estimate of drug-likeness (QED) is 0.332. The minimum Gasteiger partial charge on any atom is -0.466 e. The van der Waals surface area contributed by atoms with E-state index >= 15 is 0 Å². The van der Waals surface area contributed by atoms with Gasteiger partial charge in [-0.05, 0) is 37.6 Å². The van der Waals surface area contributed by atoms with E-state index in [2.05, 4.69) is 10.3 Å². The van der Waals surface area contributed by atoms with Gasteiger partial charge in [-0.15, -0.1) is 0 Å². The first-order valence-corrected chi connectivity index (χ1v) is 8.23. The molecule has 2 aromatic carbocycles. The van der Waals surface area contributed by atoms with Gasteiger partial charge in [-0.1, -0.05) is 24.3 Å². The average molecular weight is 341 g/mol. The Morgan fingerprint density at radius 2 is 1.88 bits per heavy atom. The van der Waals surface area contributed by atoms with Crippen LogP contribution in [0, 0.1) is 0 Å². The number of rotatable bonds is 8. The Kier molecular flexibility index (Phi) is 7.31. The van der Waals surface area contributed by atoms with Crippen LogP contribution in [-0.2, 0) is 9.53 Å². The van der Waals surface area contributed by atoms with Crippen LogP contribution in [0.25, 0.3) is 0 Å². The third kappa shape index (κ3) is 6.95. The van der Waals surface area contributed by atoms with Crippen LogP contribution in [0.15, 0.2) is 59.6 Å². The second-order valence-corrected chi connectivity index (χ2v) is 5.24. The van der Waals surface area contributed by atoms with E-state index in [9.17, 15) is 4.79 Å². The van der Waals surface area contributed by atoms with Crippen LogP contribution in [0.5, 0.6) is 11.5 Å². The molecule has 0 saturated carbocycles. The van der Waals surface area contributed by atoms with E-state index < -0.39 is 0 Å². The molecule has 0 unspecified atom stereocenters. The molecule has 6 nitrogen and oxygen atoms in total. The SMILES string of the molecule is CCOC(=O)CCCN=C(N)Nc1cccc(Oc2ccccc2)c1. The summed E-state index contributed by atoms with van der Waals surface area (Å²) in [5, 5.41) is 3.01. The van der Waals surface area contributed by atoms with E-state index in [0.29, 0.717) is 37.7 Å². The zero-order valence-corrected chi connectivity index (χ0v) is 14.3. The maximum absolute atomic E-state index is 11.2. The number of nitrogens with two attached hydrogens (primary N) is 1. The zero-order valence-electron chi connectivity index (χ0n) is 14.3. The Morgan fingerprint density at radius 3 is 2.64 bits per heavy atom. The van der Waals surface area contributed by atoms with E-state index in [4.69, 9.17) is 15.2 Å². The number of hydrogen-bond acceptors (Lipinski definition) is 4. The predicted octanol–water partition coefficient (Wildman–Crippen LogP) is 3.55. The van der Waals surface area contributed by atoms with Crippen molar-refractivity contribution >= 4 is 17.6 Å². The summed E-state index contributed by atoms with van der Waals surface area (Å²) in [5.41, 5.74) is 6.64. The van der Waals surface area contributed by atoms with Gasteiger partial charge in [0.25, 0.3) is 0 Å². The number of ether oxygens (including phenoxy) is 2. The maximum atomic E-state index is 11.2. The molecular formula is C19H23N3O3. The third-order valence-corrected chi connectivity index (χ3v) is 3.21. The standard InChI is InChI=1S/C19H23N3O3/c1-2-24-18(23)12-7-13-21-19(20)22-15-8-6-11-17(14-15)25-16-9-4-3-5-10-16/h3-6,8-11,14H,2,7,12-13H2,1H3,(H3,20,21,22). The molecular weight excluding hydrogens is 318 g/mol. The summed E-state index contributed by atoms with van der Waals surface area (Å²) in [5.74, 6) is 1.54. The molecule has 25 heavy (non-hydrogen) atoms. The highest BCUT2D eigenvalue weighted by Gasteiger charge is 2.02. The molecule has 0 amide bonds. The summed E-state index contributed by atoms with van der Waals surface area (Å²) in [6.45, 7) is 2.64. The molecule has 0 bridgehead atoms. The minimum atomic E-state index is -0.213. The van der Waals surface area contributed by atoms with Gasteiger partial charge < -0.3 is 20.5 Å². The summed E-state index contributed by atoms with van der Waals surface area (Å²) in [6, 6.07) is 17.0. The smallest absolute Gasteiger partial charge is 0.305 e. The second-order valence-electron chi connectivity index (χ2n) is 5.24. The van der Waals surface area contributed by atoms with E-state index in [0.717, 1.165) is 11.4 Å². The number of carbonyl (C=O) groups excluding carboxylic acids is 1. The molecule has 0 aliphatic heterocycles. The molecule has 3 N–H and O–H groups in total. The van der Waals surface area contributed by atoms with Gasteiger partial charge in [0.1, 0.15) is 11.5 Å². The van der Waals surface area contributed by atoms with Crippen LogP contribution < -0.4 is 15.8 Å². The molecule has 2 aromatic rings. The molecule has 0 radical (unpaired) electrons. The Morgan fingerprint density at radius 1 is 1.12 bits per heavy atom. The maximum Gasteiger partial charge on any atom is 0.305 e. The van der Waals surface area contributed by atoms with Crippen LogP contribution in [0.4, 0.5) is 5.69 Å². The molecule has 0 aliphatic rings. The van der Waals surface area contributed by atoms with Crippen molar-refractivity contribution in [2.24, 2.45) is 10.7 Å².